The van der Waals surface area contributed by atoms with Crippen molar-refractivity contribution < 1.29 is 4.79 Å². The molecule has 0 saturated carbocycles. The molecule has 23 heavy (non-hydrogen) atoms. The van der Waals surface area contributed by atoms with Gasteiger partial charge in [0.1, 0.15) is 12.4 Å². The molecule has 1 amide bonds. The van der Waals surface area contributed by atoms with Gasteiger partial charge in [-0.2, -0.15) is 0 Å². The topological polar surface area (TPSA) is 64.0 Å². The van der Waals surface area contributed by atoms with Crippen LogP contribution in [0, 0.1) is 6.92 Å². The molecular formula is C17H14BrN3O2. The molecule has 6 heteroatoms. The van der Waals surface area contributed by atoms with E-state index in [0.29, 0.717) is 22.4 Å². The van der Waals surface area contributed by atoms with Crippen molar-refractivity contribution in [2.45, 2.75) is 13.5 Å². The highest BCUT2D eigenvalue weighted by Crippen LogP contribution is 2.21. The van der Waals surface area contributed by atoms with E-state index in [2.05, 4.69) is 26.2 Å². The molecule has 0 saturated heterocycles. The number of anilines is 1. The molecule has 0 radical (unpaired) electrons. The molecule has 0 bridgehead atoms. The van der Waals surface area contributed by atoms with Gasteiger partial charge in [0.25, 0.3) is 5.56 Å². The van der Waals surface area contributed by atoms with Crippen LogP contribution in [0.25, 0.3) is 10.9 Å². The summed E-state index contributed by atoms with van der Waals surface area (Å²) in [7, 11) is 0. The van der Waals surface area contributed by atoms with E-state index >= 15 is 0 Å². The Labute approximate surface area is 141 Å². The summed E-state index contributed by atoms with van der Waals surface area (Å²) in [5, 5.41) is 3.29. The Bertz CT molecular complexity index is 950. The van der Waals surface area contributed by atoms with Crippen LogP contribution >= 0.6 is 15.9 Å². The van der Waals surface area contributed by atoms with Crippen LogP contribution in [0.1, 0.15) is 5.82 Å². The Kier molecular flexibility index (Phi) is 4.25. The fourth-order valence-electron chi connectivity index (χ4n) is 2.36. The molecule has 2 aromatic carbocycles. The van der Waals surface area contributed by atoms with Crippen LogP contribution in [0.15, 0.2) is 57.8 Å². The van der Waals surface area contributed by atoms with E-state index in [-0.39, 0.29) is 18.0 Å². The van der Waals surface area contributed by atoms with E-state index < -0.39 is 0 Å². The molecule has 0 atom stereocenters. The van der Waals surface area contributed by atoms with Gasteiger partial charge in [0.2, 0.25) is 5.91 Å². The average Bonchev–Trinajstić information content (AvgIpc) is 2.54. The Balaban J connectivity index is 1.91. The van der Waals surface area contributed by atoms with Gasteiger partial charge in [-0.05, 0) is 47.1 Å². The maximum Gasteiger partial charge on any atom is 0.261 e. The first-order valence-electron chi connectivity index (χ1n) is 7.07. The number of carbonyl (C=O) groups is 1. The van der Waals surface area contributed by atoms with E-state index in [1.165, 1.54) is 4.57 Å². The van der Waals surface area contributed by atoms with Gasteiger partial charge in [0.15, 0.2) is 0 Å². The van der Waals surface area contributed by atoms with Gasteiger partial charge < -0.3 is 5.32 Å². The minimum absolute atomic E-state index is 0.0795. The minimum atomic E-state index is -0.279. The summed E-state index contributed by atoms with van der Waals surface area (Å²) in [6.07, 6.45) is 0. The largest absolute Gasteiger partial charge is 0.324 e. The Morgan fingerprint density at radius 2 is 1.87 bits per heavy atom. The number of rotatable bonds is 3. The predicted octanol–water partition coefficient (Wildman–Crippen LogP) is 3.11. The van der Waals surface area contributed by atoms with Gasteiger partial charge >= 0.3 is 0 Å². The lowest BCUT2D eigenvalue weighted by atomic mass is 10.2. The number of carbonyl (C=O) groups excluding carboxylic acids is 1. The van der Waals surface area contributed by atoms with E-state index in [4.69, 9.17) is 0 Å². The number of aryl methyl sites for hydroxylation is 1. The summed E-state index contributed by atoms with van der Waals surface area (Å²) in [5.74, 6) is 0.232. The zero-order chi connectivity index (χ0) is 16.4. The van der Waals surface area contributed by atoms with Crippen molar-refractivity contribution in [2.75, 3.05) is 5.32 Å². The molecule has 3 aromatic rings. The minimum Gasteiger partial charge on any atom is -0.324 e. The zero-order valence-electron chi connectivity index (χ0n) is 12.4. The van der Waals surface area contributed by atoms with Crippen LogP contribution in [-0.4, -0.2) is 15.5 Å². The number of benzene rings is 2. The zero-order valence-corrected chi connectivity index (χ0v) is 14.0. The van der Waals surface area contributed by atoms with Gasteiger partial charge in [-0.25, -0.2) is 4.98 Å². The number of amides is 1. The molecule has 116 valence electrons. The molecule has 5 nitrogen and oxygen atoms in total. The number of nitrogens with zero attached hydrogens (tertiary/aromatic N) is 2. The van der Waals surface area contributed by atoms with Gasteiger partial charge in [0, 0.05) is 4.47 Å². The molecule has 0 aliphatic rings. The van der Waals surface area contributed by atoms with Crippen molar-refractivity contribution in [3.05, 3.63) is 69.2 Å². The standard InChI is InChI=1S/C17H14BrN3O2/c1-11-19-14-8-4-2-6-12(14)17(23)21(11)10-16(22)20-15-9-5-3-7-13(15)18/h2-9H,10H2,1H3,(H,20,22). The smallest absolute Gasteiger partial charge is 0.261 e. The summed E-state index contributed by atoms with van der Waals surface area (Å²) < 4.78 is 2.17. The molecule has 1 N–H and O–H groups in total. The number of hydrogen-bond acceptors (Lipinski definition) is 3. The highest BCUT2D eigenvalue weighted by molar-refractivity contribution is 9.10. The molecule has 3 rings (SSSR count). The molecule has 1 aromatic heterocycles. The summed E-state index contributed by atoms with van der Waals surface area (Å²) in [6, 6.07) is 14.4. The molecular weight excluding hydrogens is 358 g/mol. The third kappa shape index (κ3) is 3.17. The van der Waals surface area contributed by atoms with Crippen molar-refractivity contribution >= 4 is 38.4 Å². The second-order valence-corrected chi connectivity index (χ2v) is 5.95. The molecule has 0 spiro atoms. The predicted molar refractivity (Wildman–Crippen MR) is 93.5 cm³/mol. The summed E-state index contributed by atoms with van der Waals surface area (Å²) >= 11 is 3.38. The Hall–Kier alpha value is -2.47. The lowest BCUT2D eigenvalue weighted by Gasteiger charge is -2.11. The van der Waals surface area contributed by atoms with E-state index in [1.54, 1.807) is 31.2 Å². The van der Waals surface area contributed by atoms with Crippen LogP contribution in [0.3, 0.4) is 0 Å². The summed E-state index contributed by atoms with van der Waals surface area (Å²) in [6.45, 7) is 1.64. The van der Waals surface area contributed by atoms with Crippen LogP contribution in [-0.2, 0) is 11.3 Å². The van der Waals surface area contributed by atoms with Gasteiger partial charge in [0.05, 0.1) is 16.6 Å². The van der Waals surface area contributed by atoms with Gasteiger partial charge in [-0.3, -0.25) is 14.2 Å². The number of halogens is 1. The van der Waals surface area contributed by atoms with E-state index in [9.17, 15) is 9.59 Å². The van der Waals surface area contributed by atoms with E-state index in [1.807, 2.05) is 24.3 Å². The number of para-hydroxylation sites is 2. The second-order valence-electron chi connectivity index (χ2n) is 5.10. The molecule has 1 heterocycles. The molecule has 0 unspecified atom stereocenters. The monoisotopic (exact) mass is 371 g/mol. The summed E-state index contributed by atoms with van der Waals surface area (Å²) in [4.78, 5) is 29.2. The molecule has 0 fully saturated rings. The second kappa shape index (κ2) is 6.34. The number of hydrogen-bond donors (Lipinski definition) is 1. The lowest BCUT2D eigenvalue weighted by Crippen LogP contribution is -2.30. The molecule has 0 aliphatic carbocycles. The number of aromatic nitrogens is 2. The van der Waals surface area contributed by atoms with Crippen molar-refractivity contribution in [1.82, 2.24) is 9.55 Å². The summed E-state index contributed by atoms with van der Waals surface area (Å²) in [5.41, 5.74) is 1.09. The van der Waals surface area contributed by atoms with Crippen molar-refractivity contribution in [2.24, 2.45) is 0 Å². The first kappa shape index (κ1) is 15.4. The first-order valence-corrected chi connectivity index (χ1v) is 7.86. The SMILES string of the molecule is Cc1nc2ccccc2c(=O)n1CC(=O)Nc1ccccc1Br. The third-order valence-electron chi connectivity index (χ3n) is 3.50. The van der Waals surface area contributed by atoms with Gasteiger partial charge in [-0.1, -0.05) is 24.3 Å². The highest BCUT2D eigenvalue weighted by Gasteiger charge is 2.12. The van der Waals surface area contributed by atoms with Gasteiger partial charge in [-0.15, -0.1) is 0 Å². The number of fused-ring (bicyclic) bond motifs is 1. The van der Waals surface area contributed by atoms with Crippen molar-refractivity contribution in [3.8, 4) is 0 Å². The van der Waals surface area contributed by atoms with Crippen molar-refractivity contribution in [1.29, 1.82) is 0 Å². The third-order valence-corrected chi connectivity index (χ3v) is 4.19. The van der Waals surface area contributed by atoms with Crippen LogP contribution in [0.5, 0.6) is 0 Å². The maximum atomic E-state index is 12.5. The Morgan fingerprint density at radius 1 is 1.17 bits per heavy atom. The van der Waals surface area contributed by atoms with Crippen LogP contribution < -0.4 is 10.9 Å². The number of nitrogens with one attached hydrogen (secondary N) is 1. The average molecular weight is 372 g/mol. The quantitative estimate of drug-likeness (QED) is 0.769. The van der Waals surface area contributed by atoms with Crippen molar-refractivity contribution in [3.63, 3.8) is 0 Å². The van der Waals surface area contributed by atoms with Crippen LogP contribution in [0.2, 0.25) is 0 Å². The fourth-order valence-corrected chi connectivity index (χ4v) is 2.75. The molecule has 0 aliphatic heterocycles. The maximum absolute atomic E-state index is 12.5. The van der Waals surface area contributed by atoms with Crippen LogP contribution in [0.4, 0.5) is 5.69 Å². The fraction of sp³-hybridized carbons (Fsp3) is 0.118. The Morgan fingerprint density at radius 3 is 2.65 bits per heavy atom. The van der Waals surface area contributed by atoms with E-state index in [0.717, 1.165) is 4.47 Å². The highest BCUT2D eigenvalue weighted by atomic mass is 79.9. The first-order chi connectivity index (χ1) is 11.1. The lowest BCUT2D eigenvalue weighted by molar-refractivity contribution is -0.116. The normalized spacial score (nSPS) is 10.7.